The maximum Gasteiger partial charge on any atom is 0.335 e. The van der Waals surface area contributed by atoms with Crippen LogP contribution in [0.25, 0.3) is 0 Å². The largest absolute Gasteiger partial charge is 0.472 e. The number of Topliss-reactive ketones (excluding diaryl/α,β-unsaturated/α-hetero) is 1. The SMILES string of the molecule is C=C1[C@@H]([C@@]2(C)[C@@H](OC(C)=O)C[C@@]3(O)OC[C@](C)(O3)[C@@H]2CC(=O)OC)[C@@H](OC=O)[C@H](OC(=O)C(O)C(C)CC)[C@@]2(C)[C@H](c3ccoc3)CC(=O)[C@]12O. The number of hydrogen-bond donors (Lipinski definition) is 3. The molecule has 0 aromatic carbocycles. The van der Waals surface area contributed by atoms with Crippen LogP contribution in [0.4, 0.5) is 0 Å². The van der Waals surface area contributed by atoms with Gasteiger partial charge in [-0.25, -0.2) is 4.79 Å². The standard InChI is InChI=1S/C36H48O15/c1-9-18(2)28(41)31(42)50-30-29(47-17-37)27(19(3)36(44)24(39)12-22(34(30,36)7)21-10-11-46-15-21)33(6)23(13-26(40)45-8)32(5)16-48-35(43,51-32)14-25(33)49-20(4)38/h10-11,15,17-18,22-23,25,27-30,41,43-44H,3,9,12-14,16H2,1-2,4-8H3/t18?,22-,23-,25-,27+,28?,29+,30-,32-,33+,34+,35+,36+/m0/s1. The molecule has 282 valence electrons. The summed E-state index contributed by atoms with van der Waals surface area (Å²) in [7, 11) is 1.17. The first-order chi connectivity index (χ1) is 23.8. The maximum atomic E-state index is 14.4. The Morgan fingerprint density at radius 1 is 1.18 bits per heavy atom. The number of rotatable bonds is 11. The number of furan rings is 1. The fourth-order valence-electron chi connectivity index (χ4n) is 9.45. The van der Waals surface area contributed by atoms with E-state index in [0.29, 0.717) is 12.0 Å². The highest BCUT2D eigenvalue weighted by Gasteiger charge is 2.78. The average molecular weight is 721 g/mol. The topological polar surface area (TPSA) is 215 Å². The van der Waals surface area contributed by atoms with Crippen molar-refractivity contribution in [2.24, 2.45) is 28.6 Å². The number of carbonyl (C=O) groups is 5. The highest BCUT2D eigenvalue weighted by Crippen LogP contribution is 2.69. The number of ether oxygens (including phenoxy) is 6. The van der Waals surface area contributed by atoms with Gasteiger partial charge in [0.1, 0.15) is 18.3 Å². The molecule has 15 nitrogen and oxygen atoms in total. The van der Waals surface area contributed by atoms with Gasteiger partial charge in [-0.3, -0.25) is 19.2 Å². The molecule has 51 heavy (non-hydrogen) atoms. The van der Waals surface area contributed by atoms with Crippen molar-refractivity contribution in [1.29, 1.82) is 0 Å². The van der Waals surface area contributed by atoms with Gasteiger partial charge in [0.15, 0.2) is 17.5 Å². The van der Waals surface area contributed by atoms with E-state index in [1.54, 1.807) is 33.8 Å². The zero-order chi connectivity index (χ0) is 37.9. The van der Waals surface area contributed by atoms with Crippen LogP contribution >= 0.6 is 0 Å². The molecule has 1 aromatic heterocycles. The van der Waals surface area contributed by atoms with Crippen LogP contribution in [0.5, 0.6) is 0 Å². The summed E-state index contributed by atoms with van der Waals surface area (Å²) in [6, 6.07) is 1.59. The molecule has 13 atom stereocenters. The van der Waals surface area contributed by atoms with Crippen LogP contribution in [-0.4, -0.2) is 101 Å². The van der Waals surface area contributed by atoms with E-state index in [1.165, 1.54) is 26.6 Å². The second-order valence-corrected chi connectivity index (χ2v) is 15.0. The molecule has 2 saturated heterocycles. The number of aliphatic hydroxyl groups excluding tert-OH is 1. The molecule has 2 saturated carbocycles. The van der Waals surface area contributed by atoms with E-state index in [-0.39, 0.29) is 25.1 Å². The predicted octanol–water partition coefficient (Wildman–Crippen LogP) is 2.09. The summed E-state index contributed by atoms with van der Waals surface area (Å²) in [5, 5.41) is 35.5. The molecule has 2 bridgehead atoms. The molecule has 15 heteroatoms. The number of esters is 3. The molecular formula is C36H48O15. The van der Waals surface area contributed by atoms with Crippen molar-refractivity contribution < 1.29 is 72.1 Å². The lowest BCUT2D eigenvalue weighted by Gasteiger charge is -2.61. The molecule has 3 N–H and O–H groups in total. The Hall–Kier alpha value is -3.63. The Labute approximate surface area is 295 Å². The second-order valence-electron chi connectivity index (χ2n) is 15.0. The summed E-state index contributed by atoms with van der Waals surface area (Å²) in [6.07, 6.45) is -4.39. The monoisotopic (exact) mass is 720 g/mol. The Balaban J connectivity index is 1.82. The minimum absolute atomic E-state index is 0.117. The van der Waals surface area contributed by atoms with E-state index in [1.807, 2.05) is 0 Å². The van der Waals surface area contributed by atoms with Gasteiger partial charge in [-0.15, -0.1) is 0 Å². The van der Waals surface area contributed by atoms with Crippen LogP contribution in [0.15, 0.2) is 35.2 Å². The van der Waals surface area contributed by atoms with Gasteiger partial charge in [-0.2, -0.15) is 0 Å². The first kappa shape index (κ1) is 38.6. The molecular weight excluding hydrogens is 672 g/mol. The van der Waals surface area contributed by atoms with E-state index >= 15 is 0 Å². The third-order valence-electron chi connectivity index (χ3n) is 12.4. The number of ketones is 1. The summed E-state index contributed by atoms with van der Waals surface area (Å²) in [6.45, 7) is 13.3. The minimum atomic E-state index is -2.51. The van der Waals surface area contributed by atoms with E-state index < -0.39 is 113 Å². The molecule has 1 aromatic rings. The Morgan fingerprint density at radius 2 is 1.86 bits per heavy atom. The van der Waals surface area contributed by atoms with Crippen molar-refractivity contribution in [2.75, 3.05) is 13.7 Å². The van der Waals surface area contributed by atoms with Crippen molar-refractivity contribution in [2.45, 2.75) is 115 Å². The predicted molar refractivity (Wildman–Crippen MR) is 172 cm³/mol. The molecule has 0 spiro atoms. The Bertz CT molecular complexity index is 1560. The van der Waals surface area contributed by atoms with Gasteiger partial charge in [0, 0.05) is 36.5 Å². The molecule has 0 radical (unpaired) electrons. The van der Waals surface area contributed by atoms with E-state index in [0.717, 1.165) is 6.92 Å². The molecule has 0 amide bonds. The van der Waals surface area contributed by atoms with Gasteiger partial charge >= 0.3 is 17.9 Å². The first-order valence-corrected chi connectivity index (χ1v) is 17.0. The van der Waals surface area contributed by atoms with Gasteiger partial charge in [-0.05, 0) is 30.0 Å². The molecule has 4 aliphatic rings. The number of hydrogen-bond acceptors (Lipinski definition) is 15. The van der Waals surface area contributed by atoms with Gasteiger partial charge in [-0.1, -0.05) is 40.7 Å². The fourth-order valence-corrected chi connectivity index (χ4v) is 9.45. The van der Waals surface area contributed by atoms with Gasteiger partial charge in [0.2, 0.25) is 0 Å². The van der Waals surface area contributed by atoms with Crippen LogP contribution in [0.3, 0.4) is 0 Å². The first-order valence-electron chi connectivity index (χ1n) is 17.0. The van der Waals surface area contributed by atoms with Crippen LogP contribution in [0, 0.1) is 28.6 Å². The summed E-state index contributed by atoms with van der Waals surface area (Å²) < 4.78 is 40.0. The van der Waals surface area contributed by atoms with E-state index in [2.05, 4.69) is 6.58 Å². The summed E-state index contributed by atoms with van der Waals surface area (Å²) in [4.78, 5) is 66.6. The van der Waals surface area contributed by atoms with Crippen LogP contribution in [0.2, 0.25) is 0 Å². The second kappa shape index (κ2) is 13.4. The molecule has 2 aliphatic heterocycles. The third kappa shape index (κ3) is 5.81. The summed E-state index contributed by atoms with van der Waals surface area (Å²) in [5.74, 6) is -9.67. The fraction of sp³-hybridized carbons (Fsp3) is 0.694. The number of fused-ring (bicyclic) bond motifs is 3. The number of methoxy groups -OCH3 is 1. The van der Waals surface area contributed by atoms with Gasteiger partial charge in [0.25, 0.3) is 12.4 Å². The summed E-state index contributed by atoms with van der Waals surface area (Å²) >= 11 is 0. The smallest absolute Gasteiger partial charge is 0.335 e. The van der Waals surface area contributed by atoms with Crippen molar-refractivity contribution in [1.82, 2.24) is 0 Å². The van der Waals surface area contributed by atoms with Crippen molar-refractivity contribution in [3.8, 4) is 0 Å². The van der Waals surface area contributed by atoms with Crippen LogP contribution < -0.4 is 0 Å². The average Bonchev–Trinajstić information content (AvgIpc) is 3.76. The van der Waals surface area contributed by atoms with Crippen molar-refractivity contribution in [3.63, 3.8) is 0 Å². The normalized spacial score (nSPS) is 41.5. The zero-order valence-electron chi connectivity index (χ0n) is 29.9. The summed E-state index contributed by atoms with van der Waals surface area (Å²) in [5.41, 5.74) is -7.24. The third-order valence-corrected chi connectivity index (χ3v) is 12.4. The van der Waals surface area contributed by atoms with Crippen molar-refractivity contribution in [3.05, 3.63) is 36.3 Å². The highest BCUT2D eigenvalue weighted by atomic mass is 16.9. The van der Waals surface area contributed by atoms with Crippen LogP contribution in [-0.2, 0) is 52.4 Å². The Morgan fingerprint density at radius 3 is 2.43 bits per heavy atom. The molecule has 4 fully saturated rings. The molecule has 3 heterocycles. The zero-order valence-corrected chi connectivity index (χ0v) is 29.9. The van der Waals surface area contributed by atoms with E-state index in [9.17, 15) is 39.3 Å². The molecule has 2 unspecified atom stereocenters. The van der Waals surface area contributed by atoms with Crippen LogP contribution in [0.1, 0.15) is 78.7 Å². The van der Waals surface area contributed by atoms with Gasteiger partial charge in [0.05, 0.1) is 50.1 Å². The van der Waals surface area contributed by atoms with E-state index in [4.69, 9.17) is 32.8 Å². The number of aliphatic hydroxyl groups is 3. The molecule has 2 aliphatic carbocycles. The minimum Gasteiger partial charge on any atom is -0.472 e. The quantitative estimate of drug-likeness (QED) is 0.129. The Kier molecular flexibility index (Phi) is 10.1. The number of carbonyl (C=O) groups excluding carboxylic acids is 5. The van der Waals surface area contributed by atoms with Gasteiger partial charge < -0.3 is 48.2 Å². The molecule has 5 rings (SSSR count). The highest BCUT2D eigenvalue weighted by molar-refractivity contribution is 5.96. The maximum absolute atomic E-state index is 14.4. The lowest BCUT2D eigenvalue weighted by Crippen LogP contribution is -2.72. The van der Waals surface area contributed by atoms with Crippen molar-refractivity contribution >= 4 is 30.2 Å². The lowest BCUT2D eigenvalue weighted by molar-refractivity contribution is -0.328. The lowest BCUT2D eigenvalue weighted by atomic mass is 9.46.